The molecule has 0 bridgehead atoms. The van der Waals surface area contributed by atoms with Crippen LogP contribution in [0.3, 0.4) is 0 Å². The Morgan fingerprint density at radius 2 is 1.82 bits per heavy atom. The van der Waals surface area contributed by atoms with Crippen molar-refractivity contribution in [2.24, 2.45) is 5.73 Å². The Morgan fingerprint density at radius 1 is 1.23 bits per heavy atom. The van der Waals surface area contributed by atoms with Gasteiger partial charge in [0.25, 0.3) is 0 Å². The second-order valence-electron chi connectivity index (χ2n) is 4.97. The molecule has 0 spiro atoms. The van der Waals surface area contributed by atoms with E-state index in [0.717, 1.165) is 17.9 Å². The van der Waals surface area contributed by atoms with Crippen LogP contribution in [0.15, 0.2) is 24.3 Å². The molecule has 0 aliphatic heterocycles. The topological polar surface area (TPSA) is 73.6 Å². The maximum absolute atomic E-state index is 11.5. The van der Waals surface area contributed by atoms with Crippen molar-refractivity contribution in [2.75, 3.05) is 19.8 Å². The maximum Gasteiger partial charge on any atom is 0.220 e. The molecule has 0 fully saturated rings. The lowest BCUT2D eigenvalue weighted by atomic mass is 10.2. The predicted octanol–water partition coefficient (Wildman–Crippen LogP) is 2.52. The molecule has 0 radical (unpaired) electrons. The number of carbonyl (C=O) groups is 1. The van der Waals surface area contributed by atoms with Gasteiger partial charge in [0.2, 0.25) is 5.91 Å². The van der Waals surface area contributed by atoms with Crippen molar-refractivity contribution in [1.82, 2.24) is 5.32 Å². The zero-order valence-corrected chi connectivity index (χ0v) is 14.2. The molecule has 22 heavy (non-hydrogen) atoms. The molecule has 0 saturated heterocycles. The second kappa shape index (κ2) is 12.1. The Kier molecular flexibility index (Phi) is 11.3. The van der Waals surface area contributed by atoms with Gasteiger partial charge in [0.1, 0.15) is 11.5 Å². The van der Waals surface area contributed by atoms with Crippen LogP contribution in [0.5, 0.6) is 11.5 Å². The molecule has 1 atom stereocenters. The van der Waals surface area contributed by atoms with E-state index in [1.807, 2.05) is 38.1 Å². The molecule has 0 aliphatic carbocycles. The molecule has 1 rings (SSSR count). The third-order valence-electron chi connectivity index (χ3n) is 2.87. The number of carbonyl (C=O) groups excluding carboxylic acids is 1. The smallest absolute Gasteiger partial charge is 0.220 e. The Balaban J connectivity index is 0.00000441. The minimum Gasteiger partial charge on any atom is -0.494 e. The summed E-state index contributed by atoms with van der Waals surface area (Å²) in [6, 6.07) is 7.61. The average molecular weight is 331 g/mol. The summed E-state index contributed by atoms with van der Waals surface area (Å²) in [4.78, 5) is 11.5. The van der Waals surface area contributed by atoms with Gasteiger partial charge in [-0.05, 0) is 51.0 Å². The highest BCUT2D eigenvalue weighted by Crippen LogP contribution is 2.17. The summed E-state index contributed by atoms with van der Waals surface area (Å²) in [5, 5.41) is 2.84. The van der Waals surface area contributed by atoms with E-state index in [2.05, 4.69) is 5.32 Å². The summed E-state index contributed by atoms with van der Waals surface area (Å²) in [6.45, 7) is 5.68. The summed E-state index contributed by atoms with van der Waals surface area (Å²) in [5.41, 5.74) is 5.61. The number of nitrogens with one attached hydrogen (secondary N) is 1. The van der Waals surface area contributed by atoms with Crippen LogP contribution in [-0.2, 0) is 4.79 Å². The second-order valence-corrected chi connectivity index (χ2v) is 4.97. The largest absolute Gasteiger partial charge is 0.494 e. The molecule has 1 aromatic rings. The van der Waals surface area contributed by atoms with Gasteiger partial charge < -0.3 is 20.5 Å². The summed E-state index contributed by atoms with van der Waals surface area (Å²) >= 11 is 0. The number of benzene rings is 1. The Bertz CT molecular complexity index is 410. The van der Waals surface area contributed by atoms with Crippen LogP contribution in [0.4, 0.5) is 0 Å². The van der Waals surface area contributed by atoms with Gasteiger partial charge in [0.15, 0.2) is 0 Å². The van der Waals surface area contributed by atoms with Crippen LogP contribution in [0, 0.1) is 0 Å². The molecular formula is C16H27ClN2O3. The van der Waals surface area contributed by atoms with Crippen LogP contribution in [0.1, 0.15) is 33.1 Å². The number of rotatable bonds is 10. The lowest BCUT2D eigenvalue weighted by Crippen LogP contribution is -2.28. The number of hydrogen-bond acceptors (Lipinski definition) is 4. The van der Waals surface area contributed by atoms with Crippen molar-refractivity contribution in [3.8, 4) is 11.5 Å². The first kappa shape index (κ1) is 20.5. The van der Waals surface area contributed by atoms with Crippen LogP contribution in [0.25, 0.3) is 0 Å². The van der Waals surface area contributed by atoms with Crippen LogP contribution >= 0.6 is 12.4 Å². The lowest BCUT2D eigenvalue weighted by Gasteiger charge is -2.09. The van der Waals surface area contributed by atoms with Crippen molar-refractivity contribution >= 4 is 18.3 Å². The summed E-state index contributed by atoms with van der Waals surface area (Å²) in [6.07, 6.45) is 1.96. The van der Waals surface area contributed by atoms with Crippen LogP contribution < -0.4 is 20.5 Å². The Morgan fingerprint density at radius 3 is 2.36 bits per heavy atom. The van der Waals surface area contributed by atoms with Crippen molar-refractivity contribution in [2.45, 2.75) is 39.2 Å². The number of nitrogens with two attached hydrogens (primary N) is 1. The van der Waals surface area contributed by atoms with E-state index in [4.69, 9.17) is 15.2 Å². The molecule has 126 valence electrons. The summed E-state index contributed by atoms with van der Waals surface area (Å²) < 4.78 is 10.9. The van der Waals surface area contributed by atoms with E-state index >= 15 is 0 Å². The highest BCUT2D eigenvalue weighted by Gasteiger charge is 2.02. The SMILES string of the molecule is CCOc1ccc(OCCCC(=O)NCCC(C)N)cc1.Cl. The number of halogens is 1. The van der Waals surface area contributed by atoms with Crippen molar-refractivity contribution < 1.29 is 14.3 Å². The fourth-order valence-electron chi connectivity index (χ4n) is 1.75. The summed E-state index contributed by atoms with van der Waals surface area (Å²) in [5.74, 6) is 1.67. The normalized spacial score (nSPS) is 11.2. The van der Waals surface area contributed by atoms with E-state index in [-0.39, 0.29) is 24.4 Å². The first-order valence-electron chi connectivity index (χ1n) is 7.49. The molecule has 5 nitrogen and oxygen atoms in total. The standard InChI is InChI=1S/C16H26N2O3.ClH/c1-3-20-14-6-8-15(9-7-14)21-12-4-5-16(19)18-11-10-13(2)17;/h6-9,13H,3-5,10-12,17H2,1-2H3,(H,18,19);1H. The van der Waals surface area contributed by atoms with Crippen molar-refractivity contribution in [3.05, 3.63) is 24.3 Å². The zero-order chi connectivity index (χ0) is 15.5. The lowest BCUT2D eigenvalue weighted by molar-refractivity contribution is -0.121. The number of amides is 1. The van der Waals surface area contributed by atoms with E-state index in [1.54, 1.807) is 0 Å². The fraction of sp³-hybridized carbons (Fsp3) is 0.562. The van der Waals surface area contributed by atoms with Gasteiger partial charge in [0, 0.05) is 19.0 Å². The maximum atomic E-state index is 11.5. The average Bonchev–Trinajstić information content (AvgIpc) is 2.45. The van der Waals surface area contributed by atoms with Gasteiger partial charge in [0.05, 0.1) is 13.2 Å². The van der Waals surface area contributed by atoms with Gasteiger partial charge in [-0.2, -0.15) is 0 Å². The zero-order valence-electron chi connectivity index (χ0n) is 13.3. The van der Waals surface area contributed by atoms with E-state index in [0.29, 0.717) is 32.6 Å². The van der Waals surface area contributed by atoms with Gasteiger partial charge in [-0.25, -0.2) is 0 Å². The highest BCUT2D eigenvalue weighted by atomic mass is 35.5. The van der Waals surface area contributed by atoms with Crippen LogP contribution in [-0.4, -0.2) is 31.7 Å². The molecule has 3 N–H and O–H groups in total. The van der Waals surface area contributed by atoms with E-state index < -0.39 is 0 Å². The minimum atomic E-state index is 0. The summed E-state index contributed by atoms with van der Waals surface area (Å²) in [7, 11) is 0. The quantitative estimate of drug-likeness (QED) is 0.646. The van der Waals surface area contributed by atoms with Crippen molar-refractivity contribution in [1.29, 1.82) is 0 Å². The predicted molar refractivity (Wildman–Crippen MR) is 90.9 cm³/mol. The molecule has 1 amide bonds. The monoisotopic (exact) mass is 330 g/mol. The third kappa shape index (κ3) is 9.47. The number of ether oxygens (including phenoxy) is 2. The molecule has 0 aromatic heterocycles. The van der Waals surface area contributed by atoms with Gasteiger partial charge in [-0.3, -0.25) is 4.79 Å². The van der Waals surface area contributed by atoms with Gasteiger partial charge >= 0.3 is 0 Å². The Labute approximate surface area is 139 Å². The first-order valence-corrected chi connectivity index (χ1v) is 7.49. The van der Waals surface area contributed by atoms with Gasteiger partial charge in [-0.15, -0.1) is 12.4 Å². The van der Waals surface area contributed by atoms with Gasteiger partial charge in [-0.1, -0.05) is 0 Å². The minimum absolute atomic E-state index is 0. The number of hydrogen-bond donors (Lipinski definition) is 2. The van der Waals surface area contributed by atoms with Crippen molar-refractivity contribution in [3.63, 3.8) is 0 Å². The van der Waals surface area contributed by atoms with E-state index in [9.17, 15) is 4.79 Å². The highest BCUT2D eigenvalue weighted by molar-refractivity contribution is 5.85. The van der Waals surface area contributed by atoms with E-state index in [1.165, 1.54) is 0 Å². The first-order chi connectivity index (χ1) is 10.1. The molecule has 0 saturated carbocycles. The van der Waals surface area contributed by atoms with Crippen LogP contribution in [0.2, 0.25) is 0 Å². The molecule has 0 aliphatic rings. The molecular weight excluding hydrogens is 304 g/mol. The Hall–Kier alpha value is -1.46. The molecule has 1 unspecified atom stereocenters. The third-order valence-corrected chi connectivity index (χ3v) is 2.87. The molecule has 6 heteroatoms. The fourth-order valence-corrected chi connectivity index (χ4v) is 1.75. The molecule has 1 aromatic carbocycles. The molecule has 0 heterocycles.